The molecule has 2 aromatic rings. The normalized spacial score (nSPS) is 11.3. The number of benzene rings is 1. The van der Waals surface area contributed by atoms with Gasteiger partial charge >= 0.3 is 0 Å². The number of hydrogen-bond acceptors (Lipinski definition) is 3. The van der Waals surface area contributed by atoms with Crippen molar-refractivity contribution < 1.29 is 0 Å². The number of rotatable bonds is 7. The van der Waals surface area contributed by atoms with Gasteiger partial charge in [0.2, 0.25) is 0 Å². The van der Waals surface area contributed by atoms with E-state index in [1.807, 2.05) is 11.7 Å². The van der Waals surface area contributed by atoms with Crippen LogP contribution in [-0.4, -0.2) is 21.2 Å². The Morgan fingerprint density at radius 2 is 1.86 bits per heavy atom. The van der Waals surface area contributed by atoms with Crippen molar-refractivity contribution in [2.75, 3.05) is 6.54 Å². The van der Waals surface area contributed by atoms with Gasteiger partial charge in [0.25, 0.3) is 0 Å². The molecule has 0 saturated heterocycles. The summed E-state index contributed by atoms with van der Waals surface area (Å²) in [5.41, 5.74) is 10.8. The summed E-state index contributed by atoms with van der Waals surface area (Å²) in [6.07, 6.45) is 0.982. The van der Waals surface area contributed by atoms with Crippen molar-refractivity contribution in [2.24, 2.45) is 12.8 Å². The average Bonchev–Trinajstić information content (AvgIpc) is 2.87. The molecule has 4 heteroatoms. The van der Waals surface area contributed by atoms with E-state index in [0.717, 1.165) is 31.7 Å². The second kappa shape index (κ2) is 7.38. The van der Waals surface area contributed by atoms with Crippen LogP contribution < -0.4 is 5.73 Å². The summed E-state index contributed by atoms with van der Waals surface area (Å²) >= 11 is 0. The maximum absolute atomic E-state index is 5.83. The summed E-state index contributed by atoms with van der Waals surface area (Å²) in [5.74, 6) is 0. The van der Waals surface area contributed by atoms with Gasteiger partial charge in [0.15, 0.2) is 0 Å². The molecule has 0 aliphatic carbocycles. The molecule has 0 aliphatic heterocycles. The van der Waals surface area contributed by atoms with E-state index in [4.69, 9.17) is 5.73 Å². The molecule has 1 aromatic heterocycles. The van der Waals surface area contributed by atoms with E-state index < -0.39 is 0 Å². The quantitative estimate of drug-likeness (QED) is 0.850. The Kier molecular flexibility index (Phi) is 5.53. The van der Waals surface area contributed by atoms with Gasteiger partial charge in [-0.15, -0.1) is 0 Å². The first-order chi connectivity index (χ1) is 10.2. The van der Waals surface area contributed by atoms with E-state index in [0.29, 0.717) is 6.54 Å². The molecule has 1 aromatic carbocycles. The molecular weight excluding hydrogens is 260 g/mol. The van der Waals surface area contributed by atoms with Crippen LogP contribution in [0.25, 0.3) is 0 Å². The minimum Gasteiger partial charge on any atom is -0.326 e. The van der Waals surface area contributed by atoms with Gasteiger partial charge in [0.05, 0.1) is 11.4 Å². The number of nitrogens with zero attached hydrogens (tertiary/aromatic N) is 3. The highest BCUT2D eigenvalue weighted by Crippen LogP contribution is 2.14. The lowest BCUT2D eigenvalue weighted by Crippen LogP contribution is -2.24. The largest absolute Gasteiger partial charge is 0.326 e. The zero-order valence-corrected chi connectivity index (χ0v) is 13.3. The molecule has 0 atom stereocenters. The first-order valence-electron chi connectivity index (χ1n) is 7.68. The smallest absolute Gasteiger partial charge is 0.0625 e. The lowest BCUT2D eigenvalue weighted by Gasteiger charge is -2.21. The Hall–Kier alpha value is -1.65. The molecule has 0 fully saturated rings. The predicted molar refractivity (Wildman–Crippen MR) is 86.7 cm³/mol. The third-order valence-corrected chi connectivity index (χ3v) is 3.95. The van der Waals surface area contributed by atoms with Crippen molar-refractivity contribution in [3.63, 3.8) is 0 Å². The van der Waals surface area contributed by atoms with Crippen LogP contribution in [0.3, 0.4) is 0 Å². The molecule has 114 valence electrons. The molecule has 0 unspecified atom stereocenters. The molecule has 0 spiro atoms. The molecule has 0 saturated carbocycles. The van der Waals surface area contributed by atoms with Gasteiger partial charge in [-0.2, -0.15) is 5.10 Å². The summed E-state index contributed by atoms with van der Waals surface area (Å²) < 4.78 is 2.00. The summed E-state index contributed by atoms with van der Waals surface area (Å²) in [6, 6.07) is 10.6. The third kappa shape index (κ3) is 3.93. The zero-order chi connectivity index (χ0) is 15.2. The second-order valence-electron chi connectivity index (χ2n) is 5.38. The van der Waals surface area contributed by atoms with E-state index in [9.17, 15) is 0 Å². The maximum atomic E-state index is 5.83. The van der Waals surface area contributed by atoms with E-state index in [-0.39, 0.29) is 0 Å². The van der Waals surface area contributed by atoms with Crippen LogP contribution in [0.4, 0.5) is 0 Å². The van der Waals surface area contributed by atoms with E-state index in [1.54, 1.807) is 0 Å². The van der Waals surface area contributed by atoms with Crippen LogP contribution in [-0.2, 0) is 33.1 Å². The molecular formula is C17H26N4. The van der Waals surface area contributed by atoms with Crippen LogP contribution in [0.2, 0.25) is 0 Å². The SMILES string of the molecule is CCc1cc(CN(CC)Cc2ccccc2CN)n(C)n1. The summed E-state index contributed by atoms with van der Waals surface area (Å²) in [5, 5.41) is 4.53. The number of hydrogen-bond donors (Lipinski definition) is 1. The number of nitrogens with two attached hydrogens (primary N) is 1. The first-order valence-corrected chi connectivity index (χ1v) is 7.68. The minimum absolute atomic E-state index is 0.597. The van der Waals surface area contributed by atoms with Gasteiger partial charge in [-0.1, -0.05) is 38.1 Å². The lowest BCUT2D eigenvalue weighted by molar-refractivity contribution is 0.263. The Balaban J connectivity index is 2.11. The fourth-order valence-electron chi connectivity index (χ4n) is 2.55. The predicted octanol–water partition coefficient (Wildman–Crippen LogP) is 2.46. The fourth-order valence-corrected chi connectivity index (χ4v) is 2.55. The number of aromatic nitrogens is 2. The van der Waals surface area contributed by atoms with E-state index >= 15 is 0 Å². The van der Waals surface area contributed by atoms with Gasteiger partial charge < -0.3 is 5.73 Å². The summed E-state index contributed by atoms with van der Waals surface area (Å²) in [7, 11) is 2.02. The van der Waals surface area contributed by atoms with Gasteiger partial charge in [-0.05, 0) is 30.2 Å². The van der Waals surface area contributed by atoms with Gasteiger partial charge in [0, 0.05) is 26.7 Å². The van der Waals surface area contributed by atoms with Crippen LogP contribution in [0.1, 0.15) is 36.4 Å². The summed E-state index contributed by atoms with van der Waals surface area (Å²) in [4.78, 5) is 2.42. The third-order valence-electron chi connectivity index (χ3n) is 3.95. The Morgan fingerprint density at radius 3 is 2.43 bits per heavy atom. The fraction of sp³-hybridized carbons (Fsp3) is 0.471. The zero-order valence-electron chi connectivity index (χ0n) is 13.3. The van der Waals surface area contributed by atoms with Gasteiger partial charge in [-0.3, -0.25) is 9.58 Å². The molecule has 2 rings (SSSR count). The highest BCUT2D eigenvalue weighted by atomic mass is 15.3. The molecule has 2 N–H and O–H groups in total. The Labute approximate surface area is 127 Å². The lowest BCUT2D eigenvalue weighted by atomic mass is 10.1. The highest BCUT2D eigenvalue weighted by molar-refractivity contribution is 5.26. The molecule has 21 heavy (non-hydrogen) atoms. The molecule has 0 amide bonds. The molecule has 1 heterocycles. The van der Waals surface area contributed by atoms with Crippen molar-refractivity contribution in [3.8, 4) is 0 Å². The summed E-state index contributed by atoms with van der Waals surface area (Å²) in [6.45, 7) is 7.78. The molecule has 0 radical (unpaired) electrons. The first kappa shape index (κ1) is 15.7. The van der Waals surface area contributed by atoms with Crippen molar-refractivity contribution in [2.45, 2.75) is 39.9 Å². The van der Waals surface area contributed by atoms with Crippen LogP contribution in [0, 0.1) is 0 Å². The standard InChI is InChI=1S/C17H26N4/c1-4-16-10-17(20(3)19-16)13-21(5-2)12-15-9-7-6-8-14(15)11-18/h6-10H,4-5,11-13,18H2,1-3H3. The molecule has 4 nitrogen and oxygen atoms in total. The Morgan fingerprint density at radius 1 is 1.14 bits per heavy atom. The van der Waals surface area contributed by atoms with Gasteiger partial charge in [-0.25, -0.2) is 0 Å². The van der Waals surface area contributed by atoms with E-state index in [1.165, 1.54) is 16.8 Å². The molecule has 0 bridgehead atoms. The second-order valence-corrected chi connectivity index (χ2v) is 5.38. The average molecular weight is 286 g/mol. The van der Waals surface area contributed by atoms with Crippen LogP contribution in [0.5, 0.6) is 0 Å². The van der Waals surface area contributed by atoms with Crippen molar-refractivity contribution in [3.05, 3.63) is 52.8 Å². The van der Waals surface area contributed by atoms with Crippen LogP contribution in [0.15, 0.2) is 30.3 Å². The van der Waals surface area contributed by atoms with Crippen molar-refractivity contribution >= 4 is 0 Å². The number of aryl methyl sites for hydroxylation is 2. The topological polar surface area (TPSA) is 47.1 Å². The monoisotopic (exact) mass is 286 g/mol. The van der Waals surface area contributed by atoms with Crippen molar-refractivity contribution in [1.82, 2.24) is 14.7 Å². The highest BCUT2D eigenvalue weighted by Gasteiger charge is 2.11. The molecule has 0 aliphatic rings. The van der Waals surface area contributed by atoms with E-state index in [2.05, 4.69) is 54.2 Å². The maximum Gasteiger partial charge on any atom is 0.0625 e. The minimum atomic E-state index is 0.597. The van der Waals surface area contributed by atoms with Gasteiger partial charge in [0.1, 0.15) is 0 Å². The van der Waals surface area contributed by atoms with Crippen molar-refractivity contribution in [1.29, 1.82) is 0 Å². The van der Waals surface area contributed by atoms with Crippen LogP contribution >= 0.6 is 0 Å². The Bertz CT molecular complexity index is 574.